The van der Waals surface area contributed by atoms with E-state index in [9.17, 15) is 31.5 Å². The van der Waals surface area contributed by atoms with Crippen LogP contribution in [0.1, 0.15) is 75.3 Å². The van der Waals surface area contributed by atoms with Gasteiger partial charge in [0.1, 0.15) is 11.9 Å². The second kappa shape index (κ2) is 10.6. The average Bonchev–Trinajstić information content (AvgIpc) is 3.76. The maximum Gasteiger partial charge on any atom is 0.471 e. The first-order chi connectivity index (χ1) is 18.4. The number of imidazole rings is 1. The number of hydrogen-bond donors (Lipinski definition) is 3. The third-order valence-corrected chi connectivity index (χ3v) is 7.17. The fraction of sp³-hybridized carbons (Fsp3) is 0.654. The van der Waals surface area contributed by atoms with E-state index in [0.717, 1.165) is 25.7 Å². The van der Waals surface area contributed by atoms with Crippen LogP contribution in [-0.4, -0.2) is 58.8 Å². The molecule has 3 aliphatic carbocycles. The Morgan fingerprint density at radius 1 is 1.13 bits per heavy atom. The number of hydrogen-bond acceptors (Lipinski definition) is 5. The smallest absolute Gasteiger partial charge is 0.376 e. The number of amides is 2. The van der Waals surface area contributed by atoms with Gasteiger partial charge in [-0.2, -0.15) is 13.2 Å². The fourth-order valence-corrected chi connectivity index (χ4v) is 4.76. The van der Waals surface area contributed by atoms with Crippen LogP contribution in [0.4, 0.5) is 22.0 Å². The third-order valence-electron chi connectivity index (χ3n) is 7.17. The molecule has 1 heterocycles. The summed E-state index contributed by atoms with van der Waals surface area (Å²) in [5, 5.41) is 4.87. The van der Waals surface area contributed by atoms with Gasteiger partial charge in [0.15, 0.2) is 0 Å². The van der Waals surface area contributed by atoms with E-state index in [1.807, 2.05) is 5.32 Å². The lowest BCUT2D eigenvalue weighted by molar-refractivity contribution is -0.175. The highest BCUT2D eigenvalue weighted by molar-refractivity contribution is 5.82. The predicted octanol–water partition coefficient (Wildman–Crippen LogP) is 4.62. The van der Waals surface area contributed by atoms with Gasteiger partial charge in [0.2, 0.25) is 11.8 Å². The minimum absolute atomic E-state index is 0.00850. The van der Waals surface area contributed by atoms with Gasteiger partial charge in [-0.1, -0.05) is 6.07 Å². The van der Waals surface area contributed by atoms with Crippen molar-refractivity contribution in [2.24, 2.45) is 5.92 Å². The molecule has 0 unspecified atom stereocenters. The number of nitrogens with one attached hydrogen (secondary N) is 3. The normalized spacial score (nSPS) is 21.7. The molecule has 5 rings (SSSR count). The van der Waals surface area contributed by atoms with Gasteiger partial charge in [-0.05, 0) is 56.2 Å². The molecular formula is C26H31F5N4O4. The molecule has 2 amide bonds. The first-order valence-electron chi connectivity index (χ1n) is 13.2. The van der Waals surface area contributed by atoms with Gasteiger partial charge in [-0.3, -0.25) is 9.59 Å². The van der Waals surface area contributed by atoms with E-state index in [1.54, 1.807) is 25.1 Å². The highest BCUT2D eigenvalue weighted by Gasteiger charge is 2.46. The number of carbonyl (C=O) groups is 2. The SMILES string of the molecule is C[C@@H](OC1CC1)[C@H](NC(=O)C(F)(F)F)c1nc2ccc([C@@H](COC3CC3)NC(=O)CC3CC(F)(F)C3)cc2[nH]1. The summed E-state index contributed by atoms with van der Waals surface area (Å²) in [6.45, 7) is 1.76. The standard InChI is InChI=1S/C26H31F5N4O4/c1-13(39-17-5-6-17)22(35-24(37)26(29,30)31)23-33-18-7-2-15(9-19(18)34-23)20(12-38-16-3-4-16)32-21(36)8-14-10-25(27,28)11-14/h2,7,9,13-14,16-17,20,22H,3-6,8,10-12H2,1H3,(H,32,36)(H,33,34)(H,35,37)/t13-,20-,22+/m1/s1. The molecule has 0 spiro atoms. The number of nitrogens with zero attached hydrogens (tertiary/aromatic N) is 1. The summed E-state index contributed by atoms with van der Waals surface area (Å²) in [6, 6.07) is 3.35. The molecule has 3 aliphatic rings. The Hall–Kier alpha value is -2.80. The Bertz CT molecular complexity index is 1200. The maximum absolute atomic E-state index is 13.2. The van der Waals surface area contributed by atoms with E-state index in [2.05, 4.69) is 15.3 Å². The lowest BCUT2D eigenvalue weighted by atomic mass is 9.79. The molecule has 13 heteroatoms. The van der Waals surface area contributed by atoms with Crippen LogP contribution in [0.25, 0.3) is 11.0 Å². The lowest BCUT2D eigenvalue weighted by Gasteiger charge is -2.34. The van der Waals surface area contributed by atoms with Crippen molar-refractivity contribution in [2.75, 3.05) is 6.61 Å². The molecule has 3 fully saturated rings. The molecule has 8 nitrogen and oxygen atoms in total. The maximum atomic E-state index is 13.2. The summed E-state index contributed by atoms with van der Waals surface area (Å²) in [5.41, 5.74) is 1.59. The first kappa shape index (κ1) is 27.8. The minimum Gasteiger partial charge on any atom is -0.376 e. The molecule has 214 valence electrons. The van der Waals surface area contributed by atoms with Crippen molar-refractivity contribution in [3.05, 3.63) is 29.6 Å². The zero-order valence-corrected chi connectivity index (χ0v) is 21.3. The van der Waals surface area contributed by atoms with E-state index < -0.39 is 36.2 Å². The molecule has 0 aliphatic heterocycles. The third kappa shape index (κ3) is 7.24. The van der Waals surface area contributed by atoms with Gasteiger partial charge in [0.25, 0.3) is 0 Å². The van der Waals surface area contributed by atoms with Gasteiger partial charge in [0.05, 0.1) is 42.0 Å². The Kier molecular flexibility index (Phi) is 7.57. The number of carbonyl (C=O) groups excluding carboxylic acids is 2. The zero-order chi connectivity index (χ0) is 27.9. The van der Waals surface area contributed by atoms with Crippen LogP contribution in [0.15, 0.2) is 18.2 Å². The van der Waals surface area contributed by atoms with Crippen LogP contribution in [-0.2, 0) is 19.1 Å². The predicted molar refractivity (Wildman–Crippen MR) is 129 cm³/mol. The van der Waals surface area contributed by atoms with Crippen molar-refractivity contribution in [3.63, 3.8) is 0 Å². The molecule has 2 aromatic rings. The summed E-state index contributed by atoms with van der Waals surface area (Å²) in [7, 11) is 0. The van der Waals surface area contributed by atoms with Gasteiger partial charge < -0.3 is 25.1 Å². The van der Waals surface area contributed by atoms with Crippen molar-refractivity contribution < 1.29 is 41.0 Å². The summed E-state index contributed by atoms with van der Waals surface area (Å²) >= 11 is 0. The minimum atomic E-state index is -5.07. The lowest BCUT2D eigenvalue weighted by Crippen LogP contribution is -2.43. The quantitative estimate of drug-likeness (QED) is 0.330. The summed E-state index contributed by atoms with van der Waals surface area (Å²) < 4.78 is 77.0. The molecule has 3 saturated carbocycles. The van der Waals surface area contributed by atoms with Crippen molar-refractivity contribution in [3.8, 4) is 0 Å². The second-order valence-electron chi connectivity index (χ2n) is 10.9. The van der Waals surface area contributed by atoms with Crippen LogP contribution in [0.3, 0.4) is 0 Å². The number of aromatic nitrogens is 2. The zero-order valence-electron chi connectivity index (χ0n) is 21.3. The van der Waals surface area contributed by atoms with Gasteiger partial charge in [-0.25, -0.2) is 13.8 Å². The highest BCUT2D eigenvalue weighted by Crippen LogP contribution is 2.44. The first-order valence-corrected chi connectivity index (χ1v) is 13.2. The average molecular weight is 559 g/mol. The summed E-state index contributed by atoms with van der Waals surface area (Å²) in [6.07, 6.45) is -2.97. The Morgan fingerprint density at radius 2 is 1.82 bits per heavy atom. The van der Waals surface area contributed by atoms with Crippen LogP contribution >= 0.6 is 0 Å². The monoisotopic (exact) mass is 558 g/mol. The van der Waals surface area contributed by atoms with Crippen molar-refractivity contribution >= 4 is 22.8 Å². The Morgan fingerprint density at radius 3 is 2.44 bits per heavy atom. The number of benzene rings is 1. The molecule has 0 radical (unpaired) electrons. The van der Waals surface area contributed by atoms with Crippen LogP contribution < -0.4 is 10.6 Å². The van der Waals surface area contributed by atoms with Gasteiger partial charge in [0, 0.05) is 19.3 Å². The number of ether oxygens (including phenoxy) is 2. The summed E-state index contributed by atoms with van der Waals surface area (Å²) in [5.74, 6) is -5.42. The van der Waals surface area contributed by atoms with E-state index >= 15 is 0 Å². The van der Waals surface area contributed by atoms with Crippen molar-refractivity contribution in [1.29, 1.82) is 0 Å². The van der Waals surface area contributed by atoms with Crippen molar-refractivity contribution in [2.45, 2.75) is 94.4 Å². The van der Waals surface area contributed by atoms with E-state index in [4.69, 9.17) is 9.47 Å². The number of rotatable bonds is 12. The largest absolute Gasteiger partial charge is 0.471 e. The van der Waals surface area contributed by atoms with Crippen LogP contribution in [0.5, 0.6) is 0 Å². The van der Waals surface area contributed by atoms with E-state index in [-0.39, 0.29) is 55.7 Å². The van der Waals surface area contributed by atoms with Crippen LogP contribution in [0, 0.1) is 5.92 Å². The summed E-state index contributed by atoms with van der Waals surface area (Å²) in [4.78, 5) is 31.8. The number of H-pyrrole nitrogens is 1. The molecule has 39 heavy (non-hydrogen) atoms. The molecule has 1 aromatic carbocycles. The van der Waals surface area contributed by atoms with Crippen LogP contribution in [0.2, 0.25) is 0 Å². The van der Waals surface area contributed by atoms with Gasteiger partial charge in [-0.15, -0.1) is 0 Å². The molecular weight excluding hydrogens is 527 g/mol. The van der Waals surface area contributed by atoms with Gasteiger partial charge >= 0.3 is 12.1 Å². The number of alkyl halides is 5. The second-order valence-corrected chi connectivity index (χ2v) is 10.9. The molecule has 0 bridgehead atoms. The fourth-order valence-electron chi connectivity index (χ4n) is 4.76. The molecule has 3 N–H and O–H groups in total. The number of halogens is 5. The molecule has 3 atom stereocenters. The van der Waals surface area contributed by atoms with E-state index in [0.29, 0.717) is 16.6 Å². The molecule has 0 saturated heterocycles. The highest BCUT2D eigenvalue weighted by atomic mass is 19.4. The van der Waals surface area contributed by atoms with E-state index in [1.165, 1.54) is 0 Å². The molecule has 1 aromatic heterocycles. The number of aromatic amines is 1. The number of fused-ring (bicyclic) bond motifs is 1. The van der Waals surface area contributed by atoms with Crippen molar-refractivity contribution in [1.82, 2.24) is 20.6 Å². The topological polar surface area (TPSA) is 105 Å². The Balaban J connectivity index is 1.34. The Labute approximate surface area is 221 Å².